The van der Waals surface area contributed by atoms with Crippen molar-refractivity contribution in [3.8, 4) is 22.5 Å². The average Bonchev–Trinajstić information content (AvgIpc) is 4.02. The topological polar surface area (TPSA) is 141 Å². The summed E-state index contributed by atoms with van der Waals surface area (Å²) >= 11 is 0. The summed E-state index contributed by atoms with van der Waals surface area (Å²) in [7, 11) is 0. The van der Waals surface area contributed by atoms with Gasteiger partial charge < -0.3 is 5.73 Å². The Kier molecular flexibility index (Phi) is 7.41. The molecule has 0 spiro atoms. The Morgan fingerprint density at radius 3 is 1.59 bits per heavy atom. The van der Waals surface area contributed by atoms with Gasteiger partial charge in [0.05, 0.1) is 40.4 Å². The van der Waals surface area contributed by atoms with Gasteiger partial charge in [-0.1, -0.05) is 12.1 Å². The number of pyridine rings is 2. The molecule has 2 fully saturated rings. The van der Waals surface area contributed by atoms with Gasteiger partial charge in [-0.3, -0.25) is 24.5 Å². The van der Waals surface area contributed by atoms with Gasteiger partial charge in [-0.15, -0.1) is 0 Å². The zero-order valence-corrected chi connectivity index (χ0v) is 24.0. The number of nitrogens with zero attached hydrogens (tertiary/aromatic N) is 7. The summed E-state index contributed by atoms with van der Waals surface area (Å²) in [6.45, 7) is 0.554. The highest BCUT2D eigenvalue weighted by molar-refractivity contribution is 6.21. The summed E-state index contributed by atoms with van der Waals surface area (Å²) in [6, 6.07) is 18.8. The maximum Gasteiger partial charge on any atom is 0.261 e. The third-order valence-corrected chi connectivity index (χ3v) is 8.01. The lowest BCUT2D eigenvalue weighted by atomic mass is 10.1. The number of amides is 2. The van der Waals surface area contributed by atoms with Crippen molar-refractivity contribution in [2.45, 2.75) is 50.6 Å². The molecule has 2 aliphatic carbocycles. The van der Waals surface area contributed by atoms with E-state index in [4.69, 9.17) is 5.73 Å². The van der Waals surface area contributed by atoms with Crippen LogP contribution in [0.1, 0.15) is 81.0 Å². The van der Waals surface area contributed by atoms with Crippen LogP contribution >= 0.6 is 0 Å². The molecule has 0 bridgehead atoms. The number of nitrogens with two attached hydrogens (primary N) is 1. The predicted molar refractivity (Wildman–Crippen MR) is 163 cm³/mol. The van der Waals surface area contributed by atoms with Gasteiger partial charge in [-0.25, -0.2) is 19.9 Å². The highest BCUT2D eigenvalue weighted by Gasteiger charge is 2.35. The fourth-order valence-corrected chi connectivity index (χ4v) is 5.21. The molecule has 44 heavy (non-hydrogen) atoms. The molecule has 218 valence electrons. The second-order valence-electron chi connectivity index (χ2n) is 11.2. The molecule has 8 rings (SSSR count). The number of carbonyl (C=O) groups excluding carboxylic acids is 2. The largest absolute Gasteiger partial charge is 0.325 e. The van der Waals surface area contributed by atoms with Crippen molar-refractivity contribution in [3.05, 3.63) is 120 Å². The van der Waals surface area contributed by atoms with E-state index in [0.717, 1.165) is 33.9 Å². The van der Waals surface area contributed by atoms with Crippen molar-refractivity contribution in [2.24, 2.45) is 5.73 Å². The monoisotopic (exact) mass is 582 g/mol. The van der Waals surface area contributed by atoms with E-state index in [9.17, 15) is 9.59 Å². The van der Waals surface area contributed by atoms with Crippen molar-refractivity contribution >= 4 is 11.8 Å². The first-order valence-corrected chi connectivity index (χ1v) is 14.8. The Bertz CT molecular complexity index is 1800. The van der Waals surface area contributed by atoms with Crippen LogP contribution in [0.15, 0.2) is 85.7 Å². The van der Waals surface area contributed by atoms with Gasteiger partial charge >= 0.3 is 0 Å². The van der Waals surface area contributed by atoms with Crippen molar-refractivity contribution < 1.29 is 9.59 Å². The first-order valence-electron chi connectivity index (χ1n) is 14.8. The molecular weight excluding hydrogens is 552 g/mol. The van der Waals surface area contributed by atoms with Gasteiger partial charge in [0, 0.05) is 53.3 Å². The molecule has 3 aliphatic rings. The van der Waals surface area contributed by atoms with Crippen molar-refractivity contribution in [1.82, 2.24) is 34.8 Å². The maximum absolute atomic E-state index is 12.5. The van der Waals surface area contributed by atoms with Crippen LogP contribution in [0.4, 0.5) is 0 Å². The molecule has 10 heteroatoms. The molecule has 1 aliphatic heterocycles. The molecule has 4 aromatic heterocycles. The van der Waals surface area contributed by atoms with E-state index in [-0.39, 0.29) is 18.4 Å². The lowest BCUT2D eigenvalue weighted by Crippen LogP contribution is -2.29. The highest BCUT2D eigenvalue weighted by atomic mass is 16.2. The van der Waals surface area contributed by atoms with E-state index in [2.05, 4.69) is 42.0 Å². The van der Waals surface area contributed by atoms with Crippen LogP contribution < -0.4 is 5.73 Å². The van der Waals surface area contributed by atoms with Gasteiger partial charge in [0.15, 0.2) is 0 Å². The number of carbonyl (C=O) groups is 2. The van der Waals surface area contributed by atoms with Crippen LogP contribution in [0.5, 0.6) is 0 Å². The predicted octanol–water partition coefficient (Wildman–Crippen LogP) is 5.09. The zero-order valence-electron chi connectivity index (χ0n) is 24.0. The third-order valence-electron chi connectivity index (χ3n) is 8.01. The molecule has 5 heterocycles. The standard InChI is InChI=1S/C21H16N4O2.C13H14N4/c26-20-16-3-1-2-4-17(16)21(27)25(20)11-15-9-19(24-12-23-15)14-7-8-18(22-10-14)13-5-6-13;14-6-11-5-13(17-8-16-11)10-3-4-12(15-7-10)9-1-2-9/h1-4,7-10,12-13H,5-6,11H2;3-5,7-9H,1-2,6,14H2. The van der Waals surface area contributed by atoms with Crippen molar-refractivity contribution in [2.75, 3.05) is 0 Å². The summed E-state index contributed by atoms with van der Waals surface area (Å²) in [5.41, 5.74) is 13.8. The Hall–Kier alpha value is -5.22. The van der Waals surface area contributed by atoms with Crippen LogP contribution in [0.3, 0.4) is 0 Å². The molecule has 0 radical (unpaired) electrons. The van der Waals surface area contributed by atoms with Crippen LogP contribution in [0.25, 0.3) is 22.5 Å². The van der Waals surface area contributed by atoms with E-state index in [1.165, 1.54) is 42.6 Å². The van der Waals surface area contributed by atoms with E-state index in [1.807, 2.05) is 30.6 Å². The maximum atomic E-state index is 12.5. The molecule has 2 saturated carbocycles. The molecule has 1 aromatic carbocycles. The smallest absolute Gasteiger partial charge is 0.261 e. The van der Waals surface area contributed by atoms with Gasteiger partial charge in [0.2, 0.25) is 0 Å². The normalized spacial score (nSPS) is 15.5. The van der Waals surface area contributed by atoms with Gasteiger partial charge in [-0.2, -0.15) is 0 Å². The number of fused-ring (bicyclic) bond motifs is 1. The van der Waals surface area contributed by atoms with Crippen molar-refractivity contribution in [1.29, 1.82) is 0 Å². The average molecular weight is 583 g/mol. The summed E-state index contributed by atoms with van der Waals surface area (Å²) in [4.78, 5) is 52.2. The number of benzene rings is 1. The zero-order chi connectivity index (χ0) is 30.0. The van der Waals surface area contributed by atoms with Crippen LogP contribution in [-0.2, 0) is 13.1 Å². The van der Waals surface area contributed by atoms with Gasteiger partial charge in [0.1, 0.15) is 12.7 Å². The molecule has 2 N–H and O–H groups in total. The third kappa shape index (κ3) is 5.84. The fraction of sp³-hybridized carbons (Fsp3) is 0.235. The lowest BCUT2D eigenvalue weighted by Gasteiger charge is -2.13. The summed E-state index contributed by atoms with van der Waals surface area (Å²) in [5, 5.41) is 0. The van der Waals surface area contributed by atoms with E-state index >= 15 is 0 Å². The number of imide groups is 1. The molecule has 5 aromatic rings. The second-order valence-corrected chi connectivity index (χ2v) is 11.2. The Morgan fingerprint density at radius 1 is 0.636 bits per heavy atom. The minimum atomic E-state index is -0.286. The fourth-order valence-electron chi connectivity index (χ4n) is 5.21. The lowest BCUT2D eigenvalue weighted by molar-refractivity contribution is 0.0640. The molecular formula is C34H30N8O2. The van der Waals surface area contributed by atoms with E-state index in [0.29, 0.717) is 35.2 Å². The minimum absolute atomic E-state index is 0.120. The Balaban J connectivity index is 0.000000158. The summed E-state index contributed by atoms with van der Waals surface area (Å²) < 4.78 is 0. The highest BCUT2D eigenvalue weighted by Crippen LogP contribution is 2.40. The quantitative estimate of drug-likeness (QED) is 0.260. The van der Waals surface area contributed by atoms with Crippen LogP contribution in [0, 0.1) is 0 Å². The Labute approximate surface area is 254 Å². The van der Waals surface area contributed by atoms with Crippen molar-refractivity contribution in [3.63, 3.8) is 0 Å². The molecule has 0 atom stereocenters. The summed E-state index contributed by atoms with van der Waals surface area (Å²) in [5.74, 6) is 0.723. The first-order chi connectivity index (χ1) is 21.6. The van der Waals surface area contributed by atoms with Gasteiger partial charge in [-0.05, 0) is 74.2 Å². The number of rotatable bonds is 7. The van der Waals surface area contributed by atoms with Gasteiger partial charge in [0.25, 0.3) is 11.8 Å². The SMILES string of the molecule is NCc1cc(-c2ccc(C3CC3)nc2)ncn1.O=C1c2ccccc2C(=O)N1Cc1cc(-c2ccc(C3CC3)nc2)ncn1. The minimum Gasteiger partial charge on any atom is -0.325 e. The Morgan fingerprint density at radius 2 is 1.14 bits per heavy atom. The van der Waals surface area contributed by atoms with E-state index in [1.54, 1.807) is 36.7 Å². The molecule has 0 unspecified atom stereocenters. The van der Waals surface area contributed by atoms with Crippen LogP contribution in [0.2, 0.25) is 0 Å². The molecule has 10 nitrogen and oxygen atoms in total. The molecule has 0 saturated heterocycles. The van der Waals surface area contributed by atoms with Crippen LogP contribution in [-0.4, -0.2) is 46.6 Å². The second kappa shape index (κ2) is 11.8. The molecule has 2 amide bonds. The number of aromatic nitrogens is 6. The van der Waals surface area contributed by atoms with E-state index < -0.39 is 0 Å². The summed E-state index contributed by atoms with van der Waals surface area (Å²) in [6.07, 6.45) is 11.7. The number of hydrogen-bond donors (Lipinski definition) is 1. The number of hydrogen-bond acceptors (Lipinski definition) is 9. The first kappa shape index (κ1) is 27.6.